The van der Waals surface area contributed by atoms with Gasteiger partial charge >= 0.3 is 0 Å². The first kappa shape index (κ1) is 15.3. The lowest BCUT2D eigenvalue weighted by atomic mass is 10.0. The molecule has 0 spiro atoms. The molecule has 0 radical (unpaired) electrons. The molecular formula is C17H28N2O. The number of benzene rings is 1. The van der Waals surface area contributed by atoms with Gasteiger partial charge in [0.15, 0.2) is 0 Å². The van der Waals surface area contributed by atoms with Gasteiger partial charge in [0.1, 0.15) is 5.75 Å². The van der Waals surface area contributed by atoms with Crippen molar-refractivity contribution in [3.8, 4) is 5.75 Å². The van der Waals surface area contributed by atoms with Crippen LogP contribution >= 0.6 is 0 Å². The summed E-state index contributed by atoms with van der Waals surface area (Å²) in [5, 5.41) is 3.62. The third-order valence-corrected chi connectivity index (χ3v) is 4.10. The molecular weight excluding hydrogens is 248 g/mol. The van der Waals surface area contributed by atoms with Gasteiger partial charge in [-0.05, 0) is 38.5 Å². The van der Waals surface area contributed by atoms with Gasteiger partial charge < -0.3 is 15.0 Å². The molecule has 1 saturated heterocycles. The summed E-state index contributed by atoms with van der Waals surface area (Å²) in [6.07, 6.45) is 5.45. The van der Waals surface area contributed by atoms with Gasteiger partial charge in [-0.3, -0.25) is 0 Å². The van der Waals surface area contributed by atoms with Crippen molar-refractivity contribution in [1.29, 1.82) is 0 Å². The van der Waals surface area contributed by atoms with Crippen LogP contribution < -0.4 is 10.1 Å². The number of nitrogens with one attached hydrogen (secondary N) is 1. The Labute approximate surface area is 123 Å². The number of para-hydroxylation sites is 1. The molecule has 3 heteroatoms. The van der Waals surface area contributed by atoms with E-state index in [0.717, 1.165) is 18.8 Å². The Morgan fingerprint density at radius 3 is 2.50 bits per heavy atom. The smallest absolute Gasteiger partial charge is 0.123 e. The molecule has 1 unspecified atom stereocenters. The molecule has 1 aromatic carbocycles. The van der Waals surface area contributed by atoms with Crippen LogP contribution in [0.25, 0.3) is 0 Å². The quantitative estimate of drug-likeness (QED) is 0.863. The average Bonchev–Trinajstić information content (AvgIpc) is 2.75. The molecule has 1 aliphatic rings. The summed E-state index contributed by atoms with van der Waals surface area (Å²) >= 11 is 0. The molecule has 1 atom stereocenters. The van der Waals surface area contributed by atoms with Gasteiger partial charge in [0.05, 0.1) is 7.11 Å². The van der Waals surface area contributed by atoms with Crippen LogP contribution in [-0.2, 0) is 0 Å². The number of methoxy groups -OCH3 is 1. The molecule has 3 nitrogen and oxygen atoms in total. The highest BCUT2D eigenvalue weighted by atomic mass is 16.5. The SMILES string of the molecule is CCNC(CN1CCCCCC1)c1ccccc1OC. The summed E-state index contributed by atoms with van der Waals surface area (Å²) in [6.45, 7) is 6.70. The van der Waals surface area contributed by atoms with Crippen molar-refractivity contribution in [3.63, 3.8) is 0 Å². The molecule has 0 bridgehead atoms. The lowest BCUT2D eigenvalue weighted by molar-refractivity contribution is 0.249. The topological polar surface area (TPSA) is 24.5 Å². The molecule has 20 heavy (non-hydrogen) atoms. The van der Waals surface area contributed by atoms with Gasteiger partial charge in [0.2, 0.25) is 0 Å². The van der Waals surface area contributed by atoms with E-state index in [1.165, 1.54) is 44.3 Å². The number of rotatable bonds is 6. The second-order valence-corrected chi connectivity index (χ2v) is 5.57. The molecule has 0 amide bonds. The maximum absolute atomic E-state index is 5.53. The molecule has 0 aliphatic carbocycles. The Bertz CT molecular complexity index is 386. The molecule has 1 aromatic rings. The van der Waals surface area contributed by atoms with Crippen molar-refractivity contribution in [2.24, 2.45) is 0 Å². The van der Waals surface area contributed by atoms with Crippen LogP contribution in [-0.4, -0.2) is 38.2 Å². The molecule has 1 fully saturated rings. The lowest BCUT2D eigenvalue weighted by Crippen LogP contribution is -2.36. The van der Waals surface area contributed by atoms with Crippen molar-refractivity contribution in [2.45, 2.75) is 38.6 Å². The third kappa shape index (κ3) is 4.22. The van der Waals surface area contributed by atoms with Gasteiger partial charge in [-0.2, -0.15) is 0 Å². The predicted octanol–water partition coefficient (Wildman–Crippen LogP) is 3.22. The molecule has 1 N–H and O–H groups in total. The first-order valence-corrected chi connectivity index (χ1v) is 7.93. The van der Waals surface area contributed by atoms with Crippen molar-refractivity contribution in [3.05, 3.63) is 29.8 Å². The molecule has 2 rings (SSSR count). The fourth-order valence-electron chi connectivity index (χ4n) is 3.05. The Morgan fingerprint density at radius 1 is 1.15 bits per heavy atom. The third-order valence-electron chi connectivity index (χ3n) is 4.10. The van der Waals surface area contributed by atoms with E-state index in [1.54, 1.807) is 7.11 Å². The van der Waals surface area contributed by atoms with Crippen LogP contribution in [0.15, 0.2) is 24.3 Å². The van der Waals surface area contributed by atoms with Gasteiger partial charge in [-0.25, -0.2) is 0 Å². The summed E-state index contributed by atoms with van der Waals surface area (Å²) in [5.74, 6) is 0.994. The van der Waals surface area contributed by atoms with Crippen LogP contribution in [0.2, 0.25) is 0 Å². The second-order valence-electron chi connectivity index (χ2n) is 5.57. The highest BCUT2D eigenvalue weighted by Gasteiger charge is 2.19. The van der Waals surface area contributed by atoms with E-state index < -0.39 is 0 Å². The van der Waals surface area contributed by atoms with Gasteiger partial charge in [-0.15, -0.1) is 0 Å². The van der Waals surface area contributed by atoms with Crippen molar-refractivity contribution in [1.82, 2.24) is 10.2 Å². The maximum atomic E-state index is 5.53. The molecule has 112 valence electrons. The second kappa shape index (κ2) is 8.28. The van der Waals surface area contributed by atoms with Gasteiger partial charge in [-0.1, -0.05) is 38.0 Å². The number of hydrogen-bond acceptors (Lipinski definition) is 3. The number of ether oxygens (including phenoxy) is 1. The van der Waals surface area contributed by atoms with E-state index in [1.807, 2.05) is 6.07 Å². The Hall–Kier alpha value is -1.06. The summed E-state index contributed by atoms with van der Waals surface area (Å²) in [4.78, 5) is 2.60. The minimum absolute atomic E-state index is 0.356. The fourth-order valence-corrected chi connectivity index (χ4v) is 3.05. The summed E-state index contributed by atoms with van der Waals surface area (Å²) in [7, 11) is 1.76. The Kier molecular flexibility index (Phi) is 6.34. The molecule has 0 saturated carbocycles. The Morgan fingerprint density at radius 2 is 1.85 bits per heavy atom. The standard InChI is InChI=1S/C17H28N2O/c1-3-18-16(14-19-12-8-4-5-9-13-19)15-10-6-7-11-17(15)20-2/h6-7,10-11,16,18H,3-5,8-9,12-14H2,1-2H3. The van der Waals surface area contributed by atoms with Gasteiger partial charge in [0, 0.05) is 18.2 Å². The zero-order valence-corrected chi connectivity index (χ0v) is 12.9. The number of likely N-dealkylation sites (N-methyl/N-ethyl adjacent to an activating group) is 1. The molecule has 0 aromatic heterocycles. The highest BCUT2D eigenvalue weighted by Crippen LogP contribution is 2.26. The van der Waals surface area contributed by atoms with E-state index in [4.69, 9.17) is 4.74 Å². The lowest BCUT2D eigenvalue weighted by Gasteiger charge is -2.28. The first-order chi connectivity index (χ1) is 9.85. The monoisotopic (exact) mass is 276 g/mol. The van der Waals surface area contributed by atoms with E-state index in [0.29, 0.717) is 6.04 Å². The highest BCUT2D eigenvalue weighted by molar-refractivity contribution is 5.36. The minimum Gasteiger partial charge on any atom is -0.496 e. The fraction of sp³-hybridized carbons (Fsp3) is 0.647. The van der Waals surface area contributed by atoms with E-state index >= 15 is 0 Å². The number of nitrogens with zero attached hydrogens (tertiary/aromatic N) is 1. The van der Waals surface area contributed by atoms with Crippen LogP contribution in [0.1, 0.15) is 44.2 Å². The van der Waals surface area contributed by atoms with Crippen molar-refractivity contribution in [2.75, 3.05) is 33.3 Å². The summed E-state index contributed by atoms with van der Waals surface area (Å²) in [6, 6.07) is 8.74. The molecule has 1 aliphatic heterocycles. The van der Waals surface area contributed by atoms with Crippen molar-refractivity contribution >= 4 is 0 Å². The largest absolute Gasteiger partial charge is 0.496 e. The predicted molar refractivity (Wildman–Crippen MR) is 84.3 cm³/mol. The summed E-state index contributed by atoms with van der Waals surface area (Å²) in [5.41, 5.74) is 1.28. The van der Waals surface area contributed by atoms with E-state index in [2.05, 4.69) is 35.3 Å². The Balaban J connectivity index is 2.09. The normalized spacial score (nSPS) is 18.5. The van der Waals surface area contributed by atoms with Gasteiger partial charge in [0.25, 0.3) is 0 Å². The summed E-state index contributed by atoms with van der Waals surface area (Å²) < 4.78 is 5.53. The van der Waals surface area contributed by atoms with Crippen molar-refractivity contribution < 1.29 is 4.74 Å². The first-order valence-electron chi connectivity index (χ1n) is 7.93. The maximum Gasteiger partial charge on any atom is 0.123 e. The zero-order valence-electron chi connectivity index (χ0n) is 12.9. The number of hydrogen-bond donors (Lipinski definition) is 1. The molecule has 1 heterocycles. The van der Waals surface area contributed by atoms with Crippen LogP contribution in [0.4, 0.5) is 0 Å². The zero-order chi connectivity index (χ0) is 14.2. The van der Waals surface area contributed by atoms with E-state index in [9.17, 15) is 0 Å². The number of likely N-dealkylation sites (tertiary alicyclic amines) is 1. The van der Waals surface area contributed by atoms with E-state index in [-0.39, 0.29) is 0 Å². The van der Waals surface area contributed by atoms with Crippen LogP contribution in [0.5, 0.6) is 5.75 Å². The van der Waals surface area contributed by atoms with Crippen LogP contribution in [0, 0.1) is 0 Å². The van der Waals surface area contributed by atoms with Crippen LogP contribution in [0.3, 0.4) is 0 Å². The minimum atomic E-state index is 0.356. The average molecular weight is 276 g/mol.